The van der Waals surface area contributed by atoms with E-state index < -0.39 is 65.9 Å². The summed E-state index contributed by atoms with van der Waals surface area (Å²) in [5, 5.41) is 0. The zero-order valence-corrected chi connectivity index (χ0v) is 33.4. The van der Waals surface area contributed by atoms with E-state index in [-0.39, 0.29) is 37.3 Å². The molecule has 0 saturated carbocycles. The van der Waals surface area contributed by atoms with Gasteiger partial charge in [-0.25, -0.2) is 19.2 Å². The van der Waals surface area contributed by atoms with Crippen LogP contribution in [0.1, 0.15) is 106 Å². The SMILES string of the molecule is COC[C@H]1C[C@@H](C(=O)OC2CCc3cc4c(cc3C2=O)OCc2cc(C(=O)COC(=O)[C@@H]3CC[C@H](C)N3C(=O)OC(C)(C)C)ccc2-4)N(C(=O)OC(C)(C)C)C1. The molecule has 0 radical (unpaired) electrons. The van der Waals surface area contributed by atoms with Crippen molar-refractivity contribution in [1.82, 2.24) is 9.80 Å². The van der Waals surface area contributed by atoms with Crippen LogP contribution in [0.2, 0.25) is 0 Å². The number of nitrogens with zero attached hydrogens (tertiary/aromatic N) is 2. The molecule has 0 aromatic heterocycles. The molecule has 3 aliphatic heterocycles. The Balaban J connectivity index is 1.10. The van der Waals surface area contributed by atoms with Crippen molar-refractivity contribution in [3.05, 3.63) is 52.6 Å². The van der Waals surface area contributed by atoms with Crippen molar-refractivity contribution in [1.29, 1.82) is 0 Å². The van der Waals surface area contributed by atoms with Crippen molar-refractivity contribution in [2.24, 2.45) is 5.92 Å². The molecule has 2 aromatic carbocycles. The van der Waals surface area contributed by atoms with Gasteiger partial charge in [0.2, 0.25) is 5.78 Å². The molecule has 0 N–H and O–H groups in total. The smallest absolute Gasteiger partial charge is 0.411 e. The lowest BCUT2D eigenvalue weighted by Gasteiger charge is -2.30. The number of benzene rings is 2. The van der Waals surface area contributed by atoms with Crippen LogP contribution in [0.3, 0.4) is 0 Å². The highest BCUT2D eigenvalue weighted by Crippen LogP contribution is 2.42. The number of ether oxygens (including phenoxy) is 6. The summed E-state index contributed by atoms with van der Waals surface area (Å²) in [6, 6.07) is 6.81. The Kier molecular flexibility index (Phi) is 11.5. The Morgan fingerprint density at radius 2 is 1.54 bits per heavy atom. The maximum absolute atomic E-state index is 13.7. The Labute approximate surface area is 327 Å². The summed E-state index contributed by atoms with van der Waals surface area (Å²) in [4.78, 5) is 82.1. The molecule has 3 heterocycles. The second-order valence-electron chi connectivity index (χ2n) is 17.1. The van der Waals surface area contributed by atoms with E-state index in [2.05, 4.69) is 0 Å². The van der Waals surface area contributed by atoms with Crippen LogP contribution in [0.4, 0.5) is 9.59 Å². The molecule has 14 heteroatoms. The predicted molar refractivity (Wildman–Crippen MR) is 201 cm³/mol. The fourth-order valence-corrected chi connectivity index (χ4v) is 7.80. The Morgan fingerprint density at radius 3 is 2.23 bits per heavy atom. The monoisotopic (exact) mass is 776 g/mol. The van der Waals surface area contributed by atoms with E-state index >= 15 is 0 Å². The third-order valence-electron chi connectivity index (χ3n) is 10.4. The highest BCUT2D eigenvalue weighted by molar-refractivity contribution is 6.04. The molecule has 56 heavy (non-hydrogen) atoms. The summed E-state index contributed by atoms with van der Waals surface area (Å²) >= 11 is 0. The molecule has 2 amide bonds. The summed E-state index contributed by atoms with van der Waals surface area (Å²) in [6.45, 7) is 12.6. The number of fused-ring (bicyclic) bond motifs is 4. The lowest BCUT2D eigenvalue weighted by atomic mass is 9.84. The van der Waals surface area contributed by atoms with E-state index in [4.69, 9.17) is 28.4 Å². The highest BCUT2D eigenvalue weighted by atomic mass is 16.6. The third-order valence-corrected chi connectivity index (χ3v) is 10.4. The minimum absolute atomic E-state index is 0.0875. The first-order valence-corrected chi connectivity index (χ1v) is 19.2. The number of ketones is 2. The van der Waals surface area contributed by atoms with E-state index in [0.29, 0.717) is 49.2 Å². The number of methoxy groups -OCH3 is 1. The van der Waals surface area contributed by atoms with Gasteiger partial charge in [0, 0.05) is 42.3 Å². The molecule has 2 saturated heterocycles. The van der Waals surface area contributed by atoms with Gasteiger partial charge in [-0.2, -0.15) is 0 Å². The summed E-state index contributed by atoms with van der Waals surface area (Å²) in [7, 11) is 1.56. The van der Waals surface area contributed by atoms with Crippen molar-refractivity contribution in [2.75, 3.05) is 26.9 Å². The van der Waals surface area contributed by atoms with Crippen molar-refractivity contribution in [3.63, 3.8) is 0 Å². The number of amides is 2. The number of likely N-dealkylation sites (tertiary alicyclic amines) is 2. The van der Waals surface area contributed by atoms with Crippen molar-refractivity contribution in [3.8, 4) is 16.9 Å². The average molecular weight is 777 g/mol. The Morgan fingerprint density at radius 1 is 0.821 bits per heavy atom. The number of rotatable bonds is 8. The summed E-state index contributed by atoms with van der Waals surface area (Å²) in [5.74, 6) is -1.66. The highest BCUT2D eigenvalue weighted by Gasteiger charge is 2.45. The molecule has 1 aliphatic carbocycles. The first-order valence-electron chi connectivity index (χ1n) is 19.2. The minimum atomic E-state index is -1.02. The number of hydrogen-bond donors (Lipinski definition) is 0. The average Bonchev–Trinajstić information content (AvgIpc) is 3.73. The second-order valence-corrected chi connectivity index (χ2v) is 17.1. The van der Waals surface area contributed by atoms with Crippen LogP contribution in [0, 0.1) is 5.92 Å². The van der Waals surface area contributed by atoms with Gasteiger partial charge in [-0.1, -0.05) is 12.1 Å². The number of aryl methyl sites for hydroxylation is 1. The fourth-order valence-electron chi connectivity index (χ4n) is 7.80. The van der Waals surface area contributed by atoms with E-state index in [1.165, 1.54) is 9.80 Å². The van der Waals surface area contributed by atoms with Gasteiger partial charge in [-0.15, -0.1) is 0 Å². The van der Waals surface area contributed by atoms with Crippen LogP contribution in [-0.2, 0) is 46.3 Å². The van der Waals surface area contributed by atoms with E-state index in [9.17, 15) is 28.8 Å². The zero-order valence-electron chi connectivity index (χ0n) is 33.4. The number of carbonyl (C=O) groups is 6. The van der Waals surface area contributed by atoms with Crippen LogP contribution >= 0.6 is 0 Å². The number of esters is 2. The Hall–Kier alpha value is -4.98. The molecule has 4 aliphatic rings. The van der Waals surface area contributed by atoms with Crippen molar-refractivity contribution in [2.45, 2.75) is 123 Å². The van der Waals surface area contributed by atoms with Crippen molar-refractivity contribution < 1.29 is 57.2 Å². The van der Waals surface area contributed by atoms with Crippen LogP contribution in [0.15, 0.2) is 30.3 Å². The van der Waals surface area contributed by atoms with Crippen LogP contribution in [0.5, 0.6) is 5.75 Å². The number of carbonyl (C=O) groups excluding carboxylic acids is 6. The van der Waals surface area contributed by atoms with Crippen LogP contribution in [0.25, 0.3) is 11.1 Å². The van der Waals surface area contributed by atoms with Gasteiger partial charge in [0.15, 0.2) is 18.5 Å². The molecule has 1 unspecified atom stereocenters. The number of Topliss-reactive ketones (excluding diaryl/α,β-unsaturated/α-hetero) is 2. The predicted octanol–water partition coefficient (Wildman–Crippen LogP) is 6.07. The first-order chi connectivity index (χ1) is 26.3. The lowest BCUT2D eigenvalue weighted by molar-refractivity contribution is -0.152. The third kappa shape index (κ3) is 8.85. The molecule has 14 nitrogen and oxygen atoms in total. The summed E-state index contributed by atoms with van der Waals surface area (Å²) in [6.07, 6.45) is -0.156. The first kappa shape index (κ1) is 40.7. The molecule has 2 aromatic rings. The molecule has 5 atom stereocenters. The van der Waals surface area contributed by atoms with E-state index in [0.717, 1.165) is 22.3 Å². The Bertz CT molecular complexity index is 1910. The molecule has 6 rings (SSSR count). The topological polar surface area (TPSA) is 164 Å². The van der Waals surface area contributed by atoms with Gasteiger partial charge >= 0.3 is 24.1 Å². The standard InChI is InChI=1S/C42H52N2O12/c1-23-9-13-31(44(23)40(50)56-42(5,6)7)37(47)53-22-33(45)26-10-12-28-27(16-26)21-52-35-18-29-25(17-30(28)35)11-14-34(36(29)46)54-38(48)32-15-24(20-51-8)19-43(32)39(49)55-41(2,3)4/h10,12,16-18,23-24,31-32,34H,9,11,13-15,19-22H2,1-8H3/t23-,24-,31-,32-,34?/m0/s1. The summed E-state index contributed by atoms with van der Waals surface area (Å²) < 4.78 is 33.6. The maximum atomic E-state index is 13.7. The molecule has 302 valence electrons. The van der Waals surface area contributed by atoms with Crippen molar-refractivity contribution >= 4 is 35.7 Å². The quantitative estimate of drug-likeness (QED) is 0.173. The maximum Gasteiger partial charge on any atom is 0.411 e. The fraction of sp³-hybridized carbons (Fsp3) is 0.571. The van der Waals surface area contributed by atoms with Crippen LogP contribution in [-0.4, -0.2) is 108 Å². The normalized spacial score (nSPS) is 23.0. The summed E-state index contributed by atoms with van der Waals surface area (Å²) in [5.41, 5.74) is 2.40. The van der Waals surface area contributed by atoms with Gasteiger partial charge in [0.25, 0.3) is 0 Å². The van der Waals surface area contributed by atoms with Crippen LogP contribution < -0.4 is 4.74 Å². The molecule has 0 bridgehead atoms. The van der Waals surface area contributed by atoms with Gasteiger partial charge in [0.1, 0.15) is 35.6 Å². The molecule has 0 spiro atoms. The van der Waals surface area contributed by atoms with E-state index in [1.54, 1.807) is 66.9 Å². The van der Waals surface area contributed by atoms with Gasteiger partial charge in [-0.05, 0) is 115 Å². The van der Waals surface area contributed by atoms with Gasteiger partial charge < -0.3 is 28.4 Å². The minimum Gasteiger partial charge on any atom is -0.488 e. The molecule has 2 fully saturated rings. The zero-order chi connectivity index (χ0) is 40.7. The van der Waals surface area contributed by atoms with E-state index in [1.807, 2.05) is 19.1 Å². The number of hydrogen-bond acceptors (Lipinski definition) is 12. The van der Waals surface area contributed by atoms with Gasteiger partial charge in [0.05, 0.1) is 6.61 Å². The molecular weight excluding hydrogens is 724 g/mol. The lowest BCUT2D eigenvalue weighted by Crippen LogP contribution is -2.47. The molecular formula is C42H52N2O12. The second kappa shape index (κ2) is 15.9. The largest absolute Gasteiger partial charge is 0.488 e. The van der Waals surface area contributed by atoms with Gasteiger partial charge in [-0.3, -0.25) is 19.4 Å².